The Hall–Kier alpha value is -1.92. The van der Waals surface area contributed by atoms with Crippen molar-refractivity contribution in [3.8, 4) is 0 Å². The monoisotopic (exact) mass is 390 g/mol. The second-order valence-electron chi connectivity index (χ2n) is 8.87. The minimum absolute atomic E-state index is 0.297. The van der Waals surface area contributed by atoms with E-state index in [1.165, 1.54) is 6.07 Å². The quantitative estimate of drug-likeness (QED) is 0.445. The summed E-state index contributed by atoms with van der Waals surface area (Å²) in [5.74, 6) is -0.886. The maximum absolute atomic E-state index is 12.5. The first kappa shape index (κ1) is 20.8. The summed E-state index contributed by atoms with van der Waals surface area (Å²) in [5, 5.41) is 0. The number of epoxide rings is 2. The van der Waals surface area contributed by atoms with Crippen LogP contribution >= 0.6 is 0 Å². The SMILES string of the molecule is CC(C)(CCC1CO1)OC(=O)c1cccc(C(=O)OC(C)(C)CCC2CO2)c1. The maximum atomic E-state index is 12.5. The molecule has 6 heteroatoms. The van der Waals surface area contributed by atoms with E-state index in [1.807, 2.05) is 27.7 Å². The topological polar surface area (TPSA) is 77.7 Å². The molecule has 0 aliphatic carbocycles. The summed E-state index contributed by atoms with van der Waals surface area (Å²) in [4.78, 5) is 25.1. The lowest BCUT2D eigenvalue weighted by Crippen LogP contribution is -2.29. The molecule has 0 amide bonds. The molecule has 0 aromatic heterocycles. The first-order chi connectivity index (χ1) is 13.1. The van der Waals surface area contributed by atoms with Crippen molar-refractivity contribution in [2.45, 2.75) is 76.8 Å². The molecule has 1 aromatic rings. The van der Waals surface area contributed by atoms with E-state index in [1.54, 1.807) is 18.2 Å². The number of hydrogen-bond acceptors (Lipinski definition) is 6. The van der Waals surface area contributed by atoms with Crippen LogP contribution in [0.4, 0.5) is 0 Å². The fraction of sp³-hybridized carbons (Fsp3) is 0.636. The first-order valence-corrected chi connectivity index (χ1v) is 9.93. The molecule has 2 saturated heterocycles. The Morgan fingerprint density at radius 2 is 1.29 bits per heavy atom. The van der Waals surface area contributed by atoms with Gasteiger partial charge >= 0.3 is 11.9 Å². The predicted molar refractivity (Wildman–Crippen MR) is 103 cm³/mol. The predicted octanol–water partition coefficient (Wildman–Crippen LogP) is 3.92. The van der Waals surface area contributed by atoms with Crippen LogP contribution < -0.4 is 0 Å². The molecule has 0 radical (unpaired) electrons. The molecule has 2 atom stereocenters. The van der Waals surface area contributed by atoms with Gasteiger partial charge in [0.25, 0.3) is 0 Å². The van der Waals surface area contributed by atoms with E-state index in [4.69, 9.17) is 18.9 Å². The molecule has 0 saturated carbocycles. The van der Waals surface area contributed by atoms with Gasteiger partial charge in [-0.25, -0.2) is 9.59 Å². The van der Waals surface area contributed by atoms with Crippen molar-refractivity contribution in [2.75, 3.05) is 13.2 Å². The van der Waals surface area contributed by atoms with E-state index in [9.17, 15) is 9.59 Å². The minimum atomic E-state index is -0.591. The molecule has 2 heterocycles. The lowest BCUT2D eigenvalue weighted by atomic mass is 10.0. The Morgan fingerprint density at radius 3 is 1.64 bits per heavy atom. The Balaban J connectivity index is 1.56. The van der Waals surface area contributed by atoms with E-state index in [2.05, 4.69) is 0 Å². The molecule has 0 spiro atoms. The van der Waals surface area contributed by atoms with Gasteiger partial charge in [-0.3, -0.25) is 0 Å². The summed E-state index contributed by atoms with van der Waals surface area (Å²) < 4.78 is 21.7. The highest BCUT2D eigenvalue weighted by Crippen LogP contribution is 2.26. The molecule has 3 rings (SSSR count). The Kier molecular flexibility index (Phi) is 6.10. The van der Waals surface area contributed by atoms with Crippen molar-refractivity contribution < 1.29 is 28.5 Å². The molecule has 154 valence electrons. The van der Waals surface area contributed by atoms with Gasteiger partial charge in [0, 0.05) is 0 Å². The number of hydrogen-bond donors (Lipinski definition) is 0. The number of benzene rings is 1. The average Bonchev–Trinajstić information content (AvgIpc) is 3.53. The lowest BCUT2D eigenvalue weighted by molar-refractivity contribution is -0.00610. The van der Waals surface area contributed by atoms with Crippen molar-refractivity contribution in [3.63, 3.8) is 0 Å². The Morgan fingerprint density at radius 1 is 0.893 bits per heavy atom. The third-order valence-electron chi connectivity index (χ3n) is 5.01. The normalized spacial score (nSPS) is 21.1. The van der Waals surface area contributed by atoms with Crippen LogP contribution in [0.5, 0.6) is 0 Å². The van der Waals surface area contributed by atoms with E-state index < -0.39 is 23.1 Å². The molecular formula is C22H30O6. The summed E-state index contributed by atoms with van der Waals surface area (Å²) in [6.07, 6.45) is 3.78. The molecular weight excluding hydrogens is 360 g/mol. The van der Waals surface area contributed by atoms with Crippen LogP contribution in [0.2, 0.25) is 0 Å². The summed E-state index contributed by atoms with van der Waals surface area (Å²) in [6.45, 7) is 9.13. The van der Waals surface area contributed by atoms with Gasteiger partial charge in [-0.05, 0) is 71.6 Å². The molecule has 0 bridgehead atoms. The van der Waals surface area contributed by atoms with Gasteiger partial charge in [0.2, 0.25) is 0 Å². The second kappa shape index (κ2) is 8.21. The van der Waals surface area contributed by atoms with Crippen LogP contribution in [0.25, 0.3) is 0 Å². The Labute approximate surface area is 166 Å². The number of esters is 2. The number of ether oxygens (including phenoxy) is 4. The summed E-state index contributed by atoms with van der Waals surface area (Å²) >= 11 is 0. The molecule has 1 aromatic carbocycles. The van der Waals surface area contributed by atoms with Crippen LogP contribution in [0.1, 0.15) is 74.1 Å². The van der Waals surface area contributed by atoms with Gasteiger partial charge in [-0.1, -0.05) is 6.07 Å². The third-order valence-corrected chi connectivity index (χ3v) is 5.01. The van der Waals surface area contributed by atoms with Crippen LogP contribution in [0.15, 0.2) is 24.3 Å². The molecule has 6 nitrogen and oxygen atoms in total. The second-order valence-corrected chi connectivity index (χ2v) is 8.87. The zero-order valence-electron chi connectivity index (χ0n) is 17.2. The van der Waals surface area contributed by atoms with Gasteiger partial charge < -0.3 is 18.9 Å². The van der Waals surface area contributed by atoms with E-state index >= 15 is 0 Å². The van der Waals surface area contributed by atoms with Crippen LogP contribution in [0.3, 0.4) is 0 Å². The van der Waals surface area contributed by atoms with Crippen LogP contribution in [0, 0.1) is 0 Å². The van der Waals surface area contributed by atoms with Crippen molar-refractivity contribution in [1.82, 2.24) is 0 Å². The van der Waals surface area contributed by atoms with Crippen molar-refractivity contribution in [1.29, 1.82) is 0 Å². The van der Waals surface area contributed by atoms with Crippen LogP contribution in [-0.2, 0) is 18.9 Å². The highest BCUT2D eigenvalue weighted by molar-refractivity contribution is 5.95. The van der Waals surface area contributed by atoms with E-state index in [0.29, 0.717) is 23.3 Å². The zero-order chi connectivity index (χ0) is 20.4. The van der Waals surface area contributed by atoms with Crippen molar-refractivity contribution >= 4 is 11.9 Å². The fourth-order valence-electron chi connectivity index (χ4n) is 2.98. The zero-order valence-corrected chi connectivity index (χ0v) is 17.2. The minimum Gasteiger partial charge on any atom is -0.456 e. The lowest BCUT2D eigenvalue weighted by Gasteiger charge is -2.26. The van der Waals surface area contributed by atoms with Crippen molar-refractivity contribution in [2.24, 2.45) is 0 Å². The molecule has 2 fully saturated rings. The van der Waals surface area contributed by atoms with Gasteiger partial charge in [0.05, 0.1) is 36.5 Å². The third kappa shape index (κ3) is 6.60. The van der Waals surface area contributed by atoms with E-state index in [0.717, 1.165) is 38.9 Å². The standard InChI is InChI=1S/C22H30O6/c1-21(2,10-8-17-13-25-17)27-19(23)15-6-5-7-16(12-15)20(24)28-22(3,4)11-9-18-14-26-18/h5-7,12,17-18H,8-11,13-14H2,1-4H3. The van der Waals surface area contributed by atoms with E-state index in [-0.39, 0.29) is 0 Å². The number of carbonyl (C=O) groups excluding carboxylic acids is 2. The molecule has 0 N–H and O–H groups in total. The Bertz CT molecular complexity index is 658. The molecule has 2 aliphatic rings. The smallest absolute Gasteiger partial charge is 0.338 e. The number of rotatable bonds is 10. The molecule has 2 aliphatic heterocycles. The molecule has 28 heavy (non-hydrogen) atoms. The largest absolute Gasteiger partial charge is 0.456 e. The molecule has 2 unspecified atom stereocenters. The fourth-order valence-corrected chi connectivity index (χ4v) is 2.98. The first-order valence-electron chi connectivity index (χ1n) is 9.93. The summed E-state index contributed by atoms with van der Waals surface area (Å²) in [7, 11) is 0. The highest BCUT2D eigenvalue weighted by atomic mass is 16.6. The van der Waals surface area contributed by atoms with Crippen molar-refractivity contribution in [3.05, 3.63) is 35.4 Å². The van der Waals surface area contributed by atoms with Gasteiger partial charge in [0.15, 0.2) is 0 Å². The number of carbonyl (C=O) groups is 2. The maximum Gasteiger partial charge on any atom is 0.338 e. The van der Waals surface area contributed by atoms with Gasteiger partial charge in [0.1, 0.15) is 11.2 Å². The van der Waals surface area contributed by atoms with Crippen LogP contribution in [-0.4, -0.2) is 48.6 Å². The van der Waals surface area contributed by atoms with Gasteiger partial charge in [-0.15, -0.1) is 0 Å². The highest BCUT2D eigenvalue weighted by Gasteiger charge is 2.31. The summed E-state index contributed by atoms with van der Waals surface area (Å²) in [5.41, 5.74) is -0.498. The summed E-state index contributed by atoms with van der Waals surface area (Å²) in [6, 6.07) is 6.50. The average molecular weight is 390 g/mol. The van der Waals surface area contributed by atoms with Gasteiger partial charge in [-0.2, -0.15) is 0 Å².